The van der Waals surface area contributed by atoms with E-state index >= 15 is 0 Å². The molecule has 29 heavy (non-hydrogen) atoms. The van der Waals surface area contributed by atoms with Gasteiger partial charge in [-0.15, -0.1) is 15.3 Å². The van der Waals surface area contributed by atoms with Gasteiger partial charge in [-0.05, 0) is 24.3 Å². The zero-order valence-electron chi connectivity index (χ0n) is 15.5. The number of hydrogen-bond acceptors (Lipinski definition) is 6. The molecule has 0 amide bonds. The minimum atomic E-state index is -4.61. The number of piperazine rings is 1. The molecule has 4 aromatic rings. The minimum Gasteiger partial charge on any atom is -0.352 e. The van der Waals surface area contributed by atoms with E-state index in [1.165, 1.54) is 6.07 Å². The van der Waals surface area contributed by atoms with Crippen molar-refractivity contribution in [3.05, 3.63) is 42.2 Å². The van der Waals surface area contributed by atoms with E-state index in [1.807, 2.05) is 36.2 Å². The van der Waals surface area contributed by atoms with Crippen LogP contribution < -0.4 is 9.80 Å². The fourth-order valence-electron chi connectivity index (χ4n) is 3.68. The van der Waals surface area contributed by atoms with Crippen LogP contribution in [0.2, 0.25) is 0 Å². The first-order chi connectivity index (χ1) is 13.9. The number of aromatic nitrogens is 6. The van der Waals surface area contributed by atoms with Gasteiger partial charge in [0.2, 0.25) is 5.95 Å². The number of alkyl halides is 3. The van der Waals surface area contributed by atoms with Gasteiger partial charge in [-0.3, -0.25) is 0 Å². The number of hydrogen-bond donors (Lipinski definition) is 0. The number of fused-ring (bicyclic) bond motifs is 2. The molecule has 5 rings (SSSR count). The van der Waals surface area contributed by atoms with Crippen LogP contribution in [-0.4, -0.2) is 55.5 Å². The Labute approximate surface area is 163 Å². The van der Waals surface area contributed by atoms with Crippen molar-refractivity contribution in [1.29, 1.82) is 0 Å². The zero-order chi connectivity index (χ0) is 20.2. The van der Waals surface area contributed by atoms with Crippen LogP contribution in [-0.2, 0) is 13.2 Å². The van der Waals surface area contributed by atoms with E-state index in [0.717, 1.165) is 21.5 Å². The number of anilines is 2. The molecule has 0 aliphatic carbocycles. The van der Waals surface area contributed by atoms with Crippen LogP contribution in [0.5, 0.6) is 0 Å². The number of benzene rings is 1. The number of para-hydroxylation sites is 2. The largest absolute Gasteiger partial charge is 0.453 e. The van der Waals surface area contributed by atoms with E-state index in [4.69, 9.17) is 4.98 Å². The van der Waals surface area contributed by atoms with E-state index in [0.29, 0.717) is 32.0 Å². The van der Waals surface area contributed by atoms with Crippen LogP contribution in [0, 0.1) is 0 Å². The predicted molar refractivity (Wildman–Crippen MR) is 101 cm³/mol. The molecule has 4 heterocycles. The smallest absolute Gasteiger partial charge is 0.352 e. The maximum absolute atomic E-state index is 13.1. The molecule has 0 spiro atoms. The lowest BCUT2D eigenvalue weighted by Crippen LogP contribution is -2.47. The summed E-state index contributed by atoms with van der Waals surface area (Å²) in [6.07, 6.45) is -4.61. The van der Waals surface area contributed by atoms with Crippen molar-refractivity contribution in [3.63, 3.8) is 0 Å². The van der Waals surface area contributed by atoms with Gasteiger partial charge in [-0.25, -0.2) is 4.98 Å². The van der Waals surface area contributed by atoms with E-state index in [-0.39, 0.29) is 5.65 Å². The van der Waals surface area contributed by atoms with Crippen LogP contribution in [0.4, 0.5) is 24.9 Å². The third-order valence-corrected chi connectivity index (χ3v) is 5.15. The molecule has 1 aliphatic rings. The fourth-order valence-corrected chi connectivity index (χ4v) is 3.68. The molecular formula is C18H17F3N8. The SMILES string of the molecule is Cn1c(N2CCN(c3ccc4nnc(C(F)(F)F)n4n3)CC2)nc2ccccc21. The highest BCUT2D eigenvalue weighted by Gasteiger charge is 2.38. The van der Waals surface area contributed by atoms with E-state index in [2.05, 4.69) is 24.8 Å². The van der Waals surface area contributed by atoms with Crippen LogP contribution >= 0.6 is 0 Å². The second-order valence-corrected chi connectivity index (χ2v) is 6.92. The molecule has 1 aliphatic heterocycles. The van der Waals surface area contributed by atoms with E-state index in [9.17, 15) is 13.2 Å². The fraction of sp³-hybridized carbons (Fsp3) is 0.333. The topological polar surface area (TPSA) is 67.4 Å². The van der Waals surface area contributed by atoms with Gasteiger partial charge in [0.25, 0.3) is 5.82 Å². The average molecular weight is 402 g/mol. The Morgan fingerprint density at radius 1 is 0.897 bits per heavy atom. The van der Waals surface area contributed by atoms with Crippen molar-refractivity contribution < 1.29 is 13.2 Å². The molecule has 1 aromatic carbocycles. The molecule has 8 nitrogen and oxygen atoms in total. The van der Waals surface area contributed by atoms with Gasteiger partial charge < -0.3 is 14.4 Å². The maximum atomic E-state index is 13.1. The molecule has 150 valence electrons. The quantitative estimate of drug-likeness (QED) is 0.513. The number of rotatable bonds is 2. The number of aryl methyl sites for hydroxylation is 1. The summed E-state index contributed by atoms with van der Waals surface area (Å²) in [5, 5.41) is 10.9. The van der Waals surface area contributed by atoms with Crippen LogP contribution in [0.3, 0.4) is 0 Å². The Morgan fingerprint density at radius 2 is 1.62 bits per heavy atom. The molecule has 0 unspecified atom stereocenters. The Bertz CT molecular complexity index is 1190. The van der Waals surface area contributed by atoms with Gasteiger partial charge in [0, 0.05) is 33.2 Å². The number of nitrogens with zero attached hydrogens (tertiary/aromatic N) is 8. The van der Waals surface area contributed by atoms with Crippen LogP contribution in [0.15, 0.2) is 36.4 Å². The normalized spacial score (nSPS) is 15.6. The molecular weight excluding hydrogens is 385 g/mol. The van der Waals surface area contributed by atoms with Crippen molar-refractivity contribution in [2.75, 3.05) is 36.0 Å². The summed E-state index contributed by atoms with van der Waals surface area (Å²) < 4.78 is 42.1. The second kappa shape index (κ2) is 6.33. The zero-order valence-corrected chi connectivity index (χ0v) is 15.5. The van der Waals surface area contributed by atoms with E-state index < -0.39 is 12.0 Å². The highest BCUT2D eigenvalue weighted by Crippen LogP contribution is 2.28. The van der Waals surface area contributed by atoms with Gasteiger partial charge in [0.15, 0.2) is 5.65 Å². The predicted octanol–water partition coefficient (Wildman–Crippen LogP) is 2.36. The van der Waals surface area contributed by atoms with Crippen molar-refractivity contribution in [1.82, 2.24) is 29.4 Å². The summed E-state index contributed by atoms with van der Waals surface area (Å²) >= 11 is 0. The molecule has 1 fully saturated rings. The summed E-state index contributed by atoms with van der Waals surface area (Å²) in [6, 6.07) is 11.1. The molecule has 0 saturated carbocycles. The Hall–Kier alpha value is -3.37. The van der Waals surface area contributed by atoms with Gasteiger partial charge in [-0.1, -0.05) is 12.1 Å². The van der Waals surface area contributed by atoms with Crippen molar-refractivity contribution in [2.45, 2.75) is 6.18 Å². The first kappa shape index (κ1) is 17.7. The Morgan fingerprint density at radius 3 is 2.34 bits per heavy atom. The van der Waals surface area contributed by atoms with Crippen molar-refractivity contribution in [2.24, 2.45) is 7.05 Å². The first-order valence-electron chi connectivity index (χ1n) is 9.13. The Balaban J connectivity index is 1.38. The average Bonchev–Trinajstić information content (AvgIpc) is 3.29. The lowest BCUT2D eigenvalue weighted by Gasteiger charge is -2.35. The number of halogens is 3. The molecule has 3 aromatic heterocycles. The van der Waals surface area contributed by atoms with Crippen LogP contribution in [0.25, 0.3) is 16.7 Å². The van der Waals surface area contributed by atoms with E-state index in [1.54, 1.807) is 6.07 Å². The summed E-state index contributed by atoms with van der Waals surface area (Å²) in [5.74, 6) is 0.229. The third-order valence-electron chi connectivity index (χ3n) is 5.15. The second-order valence-electron chi connectivity index (χ2n) is 6.92. The number of imidazole rings is 1. The Kier molecular flexibility index (Phi) is 3.86. The monoisotopic (exact) mass is 402 g/mol. The van der Waals surface area contributed by atoms with Gasteiger partial charge in [0.05, 0.1) is 11.0 Å². The maximum Gasteiger partial charge on any atom is 0.453 e. The third kappa shape index (κ3) is 2.93. The summed E-state index contributed by atoms with van der Waals surface area (Å²) in [6.45, 7) is 2.60. The molecule has 0 N–H and O–H groups in total. The lowest BCUT2D eigenvalue weighted by molar-refractivity contribution is -0.146. The summed E-state index contributed by atoms with van der Waals surface area (Å²) in [5.41, 5.74) is 2.07. The summed E-state index contributed by atoms with van der Waals surface area (Å²) in [4.78, 5) is 8.85. The highest BCUT2D eigenvalue weighted by molar-refractivity contribution is 5.78. The van der Waals surface area contributed by atoms with Gasteiger partial charge in [-0.2, -0.15) is 17.7 Å². The minimum absolute atomic E-state index is 0.0689. The highest BCUT2D eigenvalue weighted by atomic mass is 19.4. The van der Waals surface area contributed by atoms with Crippen LogP contribution in [0.1, 0.15) is 5.82 Å². The molecule has 11 heteroatoms. The molecule has 0 radical (unpaired) electrons. The molecule has 0 bridgehead atoms. The lowest BCUT2D eigenvalue weighted by atomic mass is 10.3. The first-order valence-corrected chi connectivity index (χ1v) is 9.13. The van der Waals surface area contributed by atoms with Crippen molar-refractivity contribution >= 4 is 28.4 Å². The summed E-state index contributed by atoms with van der Waals surface area (Å²) in [7, 11) is 1.98. The molecule has 0 atom stereocenters. The van der Waals surface area contributed by atoms with Gasteiger partial charge >= 0.3 is 6.18 Å². The van der Waals surface area contributed by atoms with Crippen molar-refractivity contribution in [3.8, 4) is 0 Å². The standard InChI is InChI=1S/C18H17F3N8/c1-26-13-5-3-2-4-12(13)22-17(26)28-10-8-27(9-11-28)15-7-6-14-23-24-16(18(19,20)21)29(14)25-15/h2-7H,8-11H2,1H3. The van der Waals surface area contributed by atoms with Gasteiger partial charge in [0.1, 0.15) is 5.82 Å². The molecule has 1 saturated heterocycles.